The molecule has 0 spiro atoms. The van der Waals surface area contributed by atoms with Crippen molar-refractivity contribution in [1.82, 2.24) is 10.2 Å². The van der Waals surface area contributed by atoms with Crippen molar-refractivity contribution in [2.75, 3.05) is 31.8 Å². The van der Waals surface area contributed by atoms with Gasteiger partial charge in [0.05, 0.1) is 6.61 Å². The van der Waals surface area contributed by atoms with E-state index in [9.17, 15) is 4.79 Å². The molecule has 0 aromatic rings. The molecule has 0 saturated carbocycles. The summed E-state index contributed by atoms with van der Waals surface area (Å²) >= 11 is 1.97. The monoisotopic (exact) mass is 312 g/mol. The van der Waals surface area contributed by atoms with Crippen LogP contribution in [-0.4, -0.2) is 60.7 Å². The number of amides is 1. The molecule has 3 saturated heterocycles. The lowest BCUT2D eigenvalue weighted by Crippen LogP contribution is -2.45. The Morgan fingerprint density at radius 1 is 1.29 bits per heavy atom. The van der Waals surface area contributed by atoms with Gasteiger partial charge >= 0.3 is 0 Å². The summed E-state index contributed by atoms with van der Waals surface area (Å²) in [7, 11) is 1.72. The highest BCUT2D eigenvalue weighted by Crippen LogP contribution is 2.33. The summed E-state index contributed by atoms with van der Waals surface area (Å²) in [5, 5.41) is 3.66. The molecule has 2 bridgehead atoms. The molecule has 1 N–H and O–H groups in total. The van der Waals surface area contributed by atoms with Crippen LogP contribution in [0.15, 0.2) is 0 Å². The number of methoxy groups -OCH3 is 1. The van der Waals surface area contributed by atoms with E-state index >= 15 is 0 Å². The van der Waals surface area contributed by atoms with Crippen LogP contribution >= 0.6 is 11.8 Å². The normalized spacial score (nSPS) is 35.1. The summed E-state index contributed by atoms with van der Waals surface area (Å²) in [5.41, 5.74) is 0. The third-order valence-electron chi connectivity index (χ3n) is 5.24. The van der Waals surface area contributed by atoms with E-state index in [2.05, 4.69) is 10.2 Å². The fraction of sp³-hybridized carbons (Fsp3) is 0.938. The zero-order valence-electron chi connectivity index (χ0n) is 13.1. The van der Waals surface area contributed by atoms with Crippen molar-refractivity contribution < 1.29 is 9.53 Å². The van der Waals surface area contributed by atoms with Crippen molar-refractivity contribution in [2.24, 2.45) is 5.92 Å². The Labute approximate surface area is 132 Å². The molecule has 3 rings (SSSR count). The zero-order valence-corrected chi connectivity index (χ0v) is 13.9. The number of carbonyl (C=O) groups is 1. The van der Waals surface area contributed by atoms with Gasteiger partial charge in [0.25, 0.3) is 0 Å². The third-order valence-corrected chi connectivity index (χ3v) is 6.38. The molecule has 0 aliphatic carbocycles. The summed E-state index contributed by atoms with van der Waals surface area (Å²) < 4.78 is 5.21. The Hall–Kier alpha value is -0.260. The van der Waals surface area contributed by atoms with Gasteiger partial charge in [0.2, 0.25) is 5.91 Å². The lowest BCUT2D eigenvalue weighted by Gasteiger charge is -2.33. The quantitative estimate of drug-likeness (QED) is 0.813. The van der Waals surface area contributed by atoms with Gasteiger partial charge in [-0.05, 0) is 43.8 Å². The number of thioether (sulfide) groups is 1. The minimum atomic E-state index is 0.367. The fourth-order valence-corrected chi connectivity index (χ4v) is 5.40. The lowest BCUT2D eigenvalue weighted by molar-refractivity contribution is -0.135. The van der Waals surface area contributed by atoms with Crippen LogP contribution in [0.25, 0.3) is 0 Å². The maximum Gasteiger partial charge on any atom is 0.223 e. The average Bonchev–Trinajstić information content (AvgIpc) is 3.10. The Kier molecular flexibility index (Phi) is 5.46. The first-order chi connectivity index (χ1) is 10.3. The van der Waals surface area contributed by atoms with Crippen LogP contribution in [-0.2, 0) is 9.53 Å². The number of carbonyl (C=O) groups excluding carboxylic acids is 1. The second kappa shape index (κ2) is 7.34. The van der Waals surface area contributed by atoms with E-state index in [0.717, 1.165) is 25.1 Å². The first kappa shape index (κ1) is 15.6. The predicted octanol–water partition coefficient (Wildman–Crippen LogP) is 1.89. The Morgan fingerprint density at radius 3 is 2.67 bits per heavy atom. The molecule has 4 nitrogen and oxygen atoms in total. The molecule has 3 fully saturated rings. The van der Waals surface area contributed by atoms with Crippen LogP contribution in [0.5, 0.6) is 0 Å². The van der Waals surface area contributed by atoms with Crippen molar-refractivity contribution in [3.63, 3.8) is 0 Å². The topological polar surface area (TPSA) is 41.6 Å². The second-order valence-electron chi connectivity index (χ2n) is 6.78. The standard InChI is InChI=1S/C16H28N2O2S/c1-20-6-5-18(15-4-7-21-11-15)16(19)10-12-8-13-2-3-14(9-12)17-13/h12-15,17H,2-11H2,1H3. The number of nitrogens with zero attached hydrogens (tertiary/aromatic N) is 1. The summed E-state index contributed by atoms with van der Waals surface area (Å²) in [4.78, 5) is 14.9. The van der Waals surface area contributed by atoms with E-state index in [1.165, 1.54) is 31.4 Å². The highest BCUT2D eigenvalue weighted by molar-refractivity contribution is 7.99. The molecular formula is C16H28N2O2S. The van der Waals surface area contributed by atoms with Crippen molar-refractivity contribution >= 4 is 17.7 Å². The van der Waals surface area contributed by atoms with Gasteiger partial charge in [-0.25, -0.2) is 0 Å². The molecule has 1 amide bonds. The van der Waals surface area contributed by atoms with Gasteiger partial charge in [-0.3, -0.25) is 4.79 Å². The average molecular weight is 312 g/mol. The molecule has 3 aliphatic rings. The first-order valence-corrected chi connectivity index (χ1v) is 9.54. The lowest BCUT2D eigenvalue weighted by atomic mass is 9.89. The van der Waals surface area contributed by atoms with E-state index in [-0.39, 0.29) is 0 Å². The van der Waals surface area contributed by atoms with Crippen LogP contribution in [0, 0.1) is 5.92 Å². The zero-order chi connectivity index (χ0) is 14.7. The van der Waals surface area contributed by atoms with Crippen LogP contribution in [0.3, 0.4) is 0 Å². The minimum absolute atomic E-state index is 0.367. The van der Waals surface area contributed by atoms with Crippen LogP contribution in [0.2, 0.25) is 0 Å². The van der Waals surface area contributed by atoms with E-state index in [1.54, 1.807) is 7.11 Å². The van der Waals surface area contributed by atoms with Gasteiger partial charge in [0.15, 0.2) is 0 Å². The number of nitrogens with one attached hydrogen (secondary N) is 1. The van der Waals surface area contributed by atoms with Crippen LogP contribution in [0.4, 0.5) is 0 Å². The molecule has 3 unspecified atom stereocenters. The van der Waals surface area contributed by atoms with Crippen molar-refractivity contribution in [3.8, 4) is 0 Å². The molecule has 3 atom stereocenters. The van der Waals surface area contributed by atoms with Gasteiger partial charge in [-0.15, -0.1) is 0 Å². The summed E-state index contributed by atoms with van der Waals surface area (Å²) in [6.07, 6.45) is 6.90. The molecular weight excluding hydrogens is 284 g/mol. The van der Waals surface area contributed by atoms with Gasteiger partial charge < -0.3 is 15.0 Å². The number of ether oxygens (including phenoxy) is 1. The number of hydrogen-bond donors (Lipinski definition) is 1. The van der Waals surface area contributed by atoms with E-state index in [1.807, 2.05) is 11.8 Å². The van der Waals surface area contributed by atoms with E-state index < -0.39 is 0 Å². The maximum absolute atomic E-state index is 12.8. The van der Waals surface area contributed by atoms with Crippen LogP contribution in [0.1, 0.15) is 38.5 Å². The largest absolute Gasteiger partial charge is 0.383 e. The molecule has 3 heterocycles. The molecule has 0 aromatic heterocycles. The van der Waals surface area contributed by atoms with Gasteiger partial charge in [0.1, 0.15) is 0 Å². The smallest absolute Gasteiger partial charge is 0.223 e. The number of fused-ring (bicyclic) bond motifs is 2. The third kappa shape index (κ3) is 3.93. The molecule has 0 aromatic carbocycles. The predicted molar refractivity (Wildman–Crippen MR) is 86.6 cm³/mol. The molecule has 3 aliphatic heterocycles. The van der Waals surface area contributed by atoms with Gasteiger partial charge in [-0.1, -0.05) is 0 Å². The van der Waals surface area contributed by atoms with E-state index in [0.29, 0.717) is 36.6 Å². The molecule has 21 heavy (non-hydrogen) atoms. The maximum atomic E-state index is 12.8. The van der Waals surface area contributed by atoms with Gasteiger partial charge in [0, 0.05) is 44.0 Å². The number of hydrogen-bond acceptors (Lipinski definition) is 4. The molecule has 0 radical (unpaired) electrons. The highest BCUT2D eigenvalue weighted by Gasteiger charge is 2.36. The van der Waals surface area contributed by atoms with Crippen molar-refractivity contribution in [3.05, 3.63) is 0 Å². The minimum Gasteiger partial charge on any atom is -0.383 e. The van der Waals surface area contributed by atoms with Crippen molar-refractivity contribution in [2.45, 2.75) is 56.7 Å². The number of piperidine rings is 1. The Bertz CT molecular complexity index is 348. The van der Waals surface area contributed by atoms with E-state index in [4.69, 9.17) is 4.74 Å². The Morgan fingerprint density at radius 2 is 2.05 bits per heavy atom. The molecule has 120 valence electrons. The van der Waals surface area contributed by atoms with Crippen LogP contribution < -0.4 is 5.32 Å². The fourth-order valence-electron chi connectivity index (χ4n) is 4.17. The van der Waals surface area contributed by atoms with Gasteiger partial charge in [-0.2, -0.15) is 11.8 Å². The summed E-state index contributed by atoms with van der Waals surface area (Å²) in [6, 6.07) is 1.79. The van der Waals surface area contributed by atoms with Crippen molar-refractivity contribution in [1.29, 1.82) is 0 Å². The molecule has 5 heteroatoms. The number of rotatable bonds is 6. The summed E-state index contributed by atoms with van der Waals surface area (Å²) in [6.45, 7) is 1.42. The second-order valence-corrected chi connectivity index (χ2v) is 7.93. The SMILES string of the molecule is COCCN(C(=O)CC1CC2CCC(C1)N2)C1CCSC1. The highest BCUT2D eigenvalue weighted by atomic mass is 32.2. The summed E-state index contributed by atoms with van der Waals surface area (Å²) in [5.74, 6) is 3.26. The first-order valence-electron chi connectivity index (χ1n) is 8.38. The Balaban J connectivity index is 1.55.